The molecule has 0 heterocycles. The number of nitro groups is 1. The van der Waals surface area contributed by atoms with Crippen LogP contribution in [-0.4, -0.2) is 9.13 Å². The number of nitro benzene ring substituents is 1. The van der Waals surface area contributed by atoms with Crippen LogP contribution in [0, 0.1) is 17.0 Å². The molecule has 0 atom stereocenters. The normalized spacial score (nSPS) is 9.31. The average molecular weight is 198 g/mol. The maximum Gasteiger partial charge on any atom is 0.271 e. The van der Waals surface area contributed by atoms with Crippen molar-refractivity contribution >= 4 is 22.8 Å². The highest BCUT2D eigenvalue weighted by molar-refractivity contribution is 7.54. The molecule has 0 bridgehead atoms. The van der Waals surface area contributed by atoms with E-state index in [1.54, 1.807) is 13.0 Å². The van der Waals surface area contributed by atoms with Crippen LogP contribution in [-0.2, 0) is 11.5 Å². The number of benzene rings is 1. The van der Waals surface area contributed by atoms with Crippen LogP contribution in [0.5, 0.6) is 0 Å². The molecule has 0 aromatic heterocycles. The van der Waals surface area contributed by atoms with Gasteiger partial charge in [-0.05, 0) is 12.5 Å². The predicted octanol–water partition coefficient (Wildman–Crippen LogP) is 1.93. The summed E-state index contributed by atoms with van der Waals surface area (Å²) in [6.45, 7) is 1.73. The van der Waals surface area contributed by atoms with Crippen molar-refractivity contribution in [3.8, 4) is 0 Å². The van der Waals surface area contributed by atoms with E-state index in [-0.39, 0.29) is 17.2 Å². The van der Waals surface area contributed by atoms with Gasteiger partial charge in [0.05, 0.1) is 10.6 Å². The van der Waals surface area contributed by atoms with Gasteiger partial charge < -0.3 is 0 Å². The zero-order chi connectivity index (χ0) is 9.84. The summed E-state index contributed by atoms with van der Waals surface area (Å²) in [5, 5.41) is 10.3. The molecule has 0 aliphatic carbocycles. The van der Waals surface area contributed by atoms with Gasteiger partial charge in [0, 0.05) is 12.1 Å². The summed E-state index contributed by atoms with van der Waals surface area (Å²) < 4.78 is 13.6. The Labute approximate surface area is 77.8 Å². The smallest absolute Gasteiger partial charge is 0.258 e. The highest BCUT2D eigenvalue weighted by Crippen LogP contribution is 2.23. The van der Waals surface area contributed by atoms with Crippen molar-refractivity contribution in [3.63, 3.8) is 0 Å². The molecule has 1 aromatic rings. The van der Waals surface area contributed by atoms with Crippen molar-refractivity contribution in [1.82, 2.24) is 0 Å². The summed E-state index contributed by atoms with van der Waals surface area (Å²) in [4.78, 5) is 9.83. The molecule has 13 heavy (non-hydrogen) atoms. The molecule has 5 nitrogen and oxygen atoms in total. The molecule has 0 amide bonds. The van der Waals surface area contributed by atoms with Crippen molar-refractivity contribution in [2.24, 2.45) is 4.36 Å². The first kappa shape index (κ1) is 9.53. The zero-order valence-corrected chi connectivity index (χ0v) is 7.58. The molecule has 6 heteroatoms. The molecule has 0 aliphatic heterocycles. The second kappa shape index (κ2) is 3.90. The number of aryl methyl sites for hydroxylation is 1. The minimum Gasteiger partial charge on any atom is -0.258 e. The first-order valence-electron chi connectivity index (χ1n) is 3.40. The Kier molecular flexibility index (Phi) is 2.86. The standard InChI is InChI=1S/C7H6N2O3S/c1-5-2-3-6(9(10)11)4-7(5)8-13-12/h2-4H,1H3. The fourth-order valence-electron chi connectivity index (χ4n) is 0.850. The van der Waals surface area contributed by atoms with E-state index in [2.05, 4.69) is 4.36 Å². The van der Waals surface area contributed by atoms with E-state index in [1.807, 2.05) is 0 Å². The Morgan fingerprint density at radius 1 is 1.54 bits per heavy atom. The van der Waals surface area contributed by atoms with E-state index in [0.29, 0.717) is 5.69 Å². The van der Waals surface area contributed by atoms with Crippen molar-refractivity contribution in [2.45, 2.75) is 6.92 Å². The van der Waals surface area contributed by atoms with Gasteiger partial charge in [0.15, 0.2) is 0 Å². The van der Waals surface area contributed by atoms with E-state index >= 15 is 0 Å². The van der Waals surface area contributed by atoms with E-state index in [0.717, 1.165) is 5.56 Å². The lowest BCUT2D eigenvalue weighted by atomic mass is 10.2. The van der Waals surface area contributed by atoms with Crippen molar-refractivity contribution in [2.75, 3.05) is 0 Å². The lowest BCUT2D eigenvalue weighted by Gasteiger charge is -1.96. The molecule has 0 N–H and O–H groups in total. The Balaban J connectivity index is 3.26. The predicted molar refractivity (Wildman–Crippen MR) is 48.1 cm³/mol. The molecule has 0 saturated heterocycles. The van der Waals surface area contributed by atoms with Crippen LogP contribution in [0.15, 0.2) is 22.6 Å². The van der Waals surface area contributed by atoms with Crippen LogP contribution in [0.1, 0.15) is 5.56 Å². The fourth-order valence-corrected chi connectivity index (χ4v) is 1.13. The van der Waals surface area contributed by atoms with Gasteiger partial charge in [-0.25, -0.2) is 0 Å². The highest BCUT2D eigenvalue weighted by atomic mass is 32.1. The van der Waals surface area contributed by atoms with Gasteiger partial charge in [-0.15, -0.1) is 0 Å². The average Bonchev–Trinajstić information content (AvgIpc) is 2.08. The summed E-state index contributed by atoms with van der Waals surface area (Å²) >= 11 is 0.0417. The molecule has 0 unspecified atom stereocenters. The lowest BCUT2D eigenvalue weighted by molar-refractivity contribution is -0.384. The van der Waals surface area contributed by atoms with Crippen molar-refractivity contribution < 1.29 is 9.13 Å². The maximum absolute atomic E-state index is 10.3. The lowest BCUT2D eigenvalue weighted by Crippen LogP contribution is -1.87. The number of rotatable bonds is 2. The number of hydrogen-bond donors (Lipinski definition) is 0. The number of non-ortho nitro benzene ring substituents is 1. The molecule has 0 saturated carbocycles. The second-order valence-electron chi connectivity index (χ2n) is 2.39. The van der Waals surface area contributed by atoms with Gasteiger partial charge in [-0.2, -0.15) is 8.57 Å². The van der Waals surface area contributed by atoms with Crippen molar-refractivity contribution in [1.29, 1.82) is 0 Å². The van der Waals surface area contributed by atoms with Gasteiger partial charge in [-0.3, -0.25) is 10.1 Å². The molecule has 68 valence electrons. The molecular weight excluding hydrogens is 192 g/mol. The van der Waals surface area contributed by atoms with E-state index in [1.165, 1.54) is 12.1 Å². The van der Waals surface area contributed by atoms with Crippen LogP contribution in [0.3, 0.4) is 0 Å². The maximum atomic E-state index is 10.3. The summed E-state index contributed by atoms with van der Waals surface area (Å²) in [6, 6.07) is 4.22. The van der Waals surface area contributed by atoms with E-state index in [4.69, 9.17) is 0 Å². The van der Waals surface area contributed by atoms with E-state index < -0.39 is 4.92 Å². The summed E-state index contributed by atoms with van der Waals surface area (Å²) in [7, 11) is 0. The first-order chi connectivity index (χ1) is 6.15. The zero-order valence-electron chi connectivity index (χ0n) is 6.76. The third-order valence-electron chi connectivity index (χ3n) is 1.54. The fraction of sp³-hybridized carbons (Fsp3) is 0.143. The molecule has 0 fully saturated rings. The minimum atomic E-state index is -0.520. The summed E-state index contributed by atoms with van der Waals surface area (Å²) in [5.41, 5.74) is 1.04. The Bertz CT molecular complexity index is 399. The monoisotopic (exact) mass is 198 g/mol. The van der Waals surface area contributed by atoms with Crippen LogP contribution >= 0.6 is 0 Å². The number of hydrogen-bond acceptors (Lipinski definition) is 4. The van der Waals surface area contributed by atoms with Gasteiger partial charge in [0.25, 0.3) is 5.69 Å². The molecule has 0 spiro atoms. The van der Waals surface area contributed by atoms with Gasteiger partial charge in [-0.1, -0.05) is 6.07 Å². The van der Waals surface area contributed by atoms with Crippen LogP contribution in [0.4, 0.5) is 11.4 Å². The third kappa shape index (κ3) is 2.19. The third-order valence-corrected chi connectivity index (χ3v) is 1.81. The van der Waals surface area contributed by atoms with Gasteiger partial charge in [0.2, 0.25) is 11.5 Å². The van der Waals surface area contributed by atoms with Gasteiger partial charge >= 0.3 is 0 Å². The minimum absolute atomic E-state index is 0.0417. The topological polar surface area (TPSA) is 72.6 Å². The van der Waals surface area contributed by atoms with Gasteiger partial charge in [0.1, 0.15) is 0 Å². The number of nitrogens with zero attached hydrogens (tertiary/aromatic N) is 2. The van der Waals surface area contributed by atoms with Crippen molar-refractivity contribution in [3.05, 3.63) is 33.9 Å². The van der Waals surface area contributed by atoms with Crippen LogP contribution in [0.25, 0.3) is 0 Å². The first-order valence-corrected chi connectivity index (χ1v) is 4.10. The Morgan fingerprint density at radius 3 is 2.77 bits per heavy atom. The highest BCUT2D eigenvalue weighted by Gasteiger charge is 2.07. The Hall–Kier alpha value is -1.56. The second-order valence-corrected chi connectivity index (χ2v) is 2.73. The molecule has 0 radical (unpaired) electrons. The Morgan fingerprint density at radius 2 is 2.23 bits per heavy atom. The molecule has 0 aliphatic rings. The van der Waals surface area contributed by atoms with Crippen LogP contribution < -0.4 is 0 Å². The van der Waals surface area contributed by atoms with E-state index in [9.17, 15) is 14.3 Å². The summed E-state index contributed by atoms with van der Waals surface area (Å²) in [6.07, 6.45) is 0. The largest absolute Gasteiger partial charge is 0.271 e. The van der Waals surface area contributed by atoms with Crippen LogP contribution in [0.2, 0.25) is 0 Å². The molecule has 1 rings (SSSR count). The molecule has 1 aromatic carbocycles. The summed E-state index contributed by atoms with van der Waals surface area (Å²) in [5.74, 6) is 0. The SMILES string of the molecule is Cc1ccc([N+](=O)[O-])cc1N=S=O. The quantitative estimate of drug-likeness (QED) is 0.538. The molecular formula is C7H6N2O3S.